The smallest absolute Gasteiger partial charge is 0.332 e. The number of rotatable bonds is 7. The number of imidazole rings is 1. The van der Waals surface area contributed by atoms with Crippen molar-refractivity contribution in [3.8, 4) is 5.00 Å². The third-order valence-corrected chi connectivity index (χ3v) is 7.01. The summed E-state index contributed by atoms with van der Waals surface area (Å²) in [5.41, 5.74) is 6.63. The average molecular weight is 460 g/mol. The molecule has 170 valence electrons. The number of aryl methyl sites for hydroxylation is 2. The Morgan fingerprint density at radius 2 is 2.00 bits per heavy atom. The second-order valence-electron chi connectivity index (χ2n) is 7.95. The first kappa shape index (κ1) is 22.0. The molecule has 0 saturated carbocycles. The third kappa shape index (κ3) is 3.45. The minimum Gasteiger partial charge on any atom is -0.365 e. The fourth-order valence-corrected chi connectivity index (χ4v) is 5.64. The highest BCUT2D eigenvalue weighted by atomic mass is 32.1. The minimum atomic E-state index is -0.550. The first-order chi connectivity index (χ1) is 15.3. The van der Waals surface area contributed by atoms with E-state index in [1.807, 2.05) is 7.05 Å². The Morgan fingerprint density at radius 1 is 1.25 bits per heavy atom. The van der Waals surface area contributed by atoms with Gasteiger partial charge in [-0.25, -0.2) is 9.78 Å². The summed E-state index contributed by atoms with van der Waals surface area (Å²) < 4.78 is 4.11. The Morgan fingerprint density at radius 3 is 2.69 bits per heavy atom. The molecule has 4 rings (SSSR count). The molecule has 32 heavy (non-hydrogen) atoms. The van der Waals surface area contributed by atoms with E-state index in [2.05, 4.69) is 15.2 Å². The summed E-state index contributed by atoms with van der Waals surface area (Å²) in [5.74, 6) is -0.0215. The molecule has 0 radical (unpaired) electrons. The van der Waals surface area contributed by atoms with Gasteiger partial charge in [0.2, 0.25) is 6.41 Å². The lowest BCUT2D eigenvalue weighted by atomic mass is 10.0. The maximum absolute atomic E-state index is 12.9. The van der Waals surface area contributed by atoms with E-state index in [1.54, 1.807) is 11.6 Å². The molecule has 12 heteroatoms. The molecule has 0 saturated heterocycles. The van der Waals surface area contributed by atoms with Crippen molar-refractivity contribution in [2.24, 2.45) is 19.8 Å². The molecule has 3 aromatic rings. The molecule has 1 aliphatic heterocycles. The lowest BCUT2D eigenvalue weighted by Gasteiger charge is -2.22. The summed E-state index contributed by atoms with van der Waals surface area (Å²) in [4.78, 5) is 56.5. The van der Waals surface area contributed by atoms with Crippen LogP contribution in [-0.4, -0.2) is 56.0 Å². The van der Waals surface area contributed by atoms with Gasteiger partial charge in [-0.1, -0.05) is 0 Å². The molecular formula is C20H25N7O4S. The zero-order chi connectivity index (χ0) is 23.2. The highest BCUT2D eigenvalue weighted by Gasteiger charge is 2.30. The monoisotopic (exact) mass is 459 g/mol. The second kappa shape index (κ2) is 8.36. The molecule has 0 aliphatic carbocycles. The van der Waals surface area contributed by atoms with Gasteiger partial charge >= 0.3 is 5.69 Å². The number of likely N-dealkylation sites (N-methyl/N-ethyl adjacent to an activating group) is 1. The molecule has 0 fully saturated rings. The number of hydrogen-bond acceptors (Lipinski definition) is 7. The summed E-state index contributed by atoms with van der Waals surface area (Å²) >= 11 is 1.43. The first-order valence-corrected chi connectivity index (χ1v) is 11.1. The van der Waals surface area contributed by atoms with Crippen molar-refractivity contribution in [2.45, 2.75) is 25.8 Å². The second-order valence-corrected chi connectivity index (χ2v) is 9.04. The predicted molar refractivity (Wildman–Crippen MR) is 120 cm³/mol. The van der Waals surface area contributed by atoms with Crippen LogP contribution < -0.4 is 22.3 Å². The minimum absolute atomic E-state index is 0.145. The van der Waals surface area contributed by atoms with Crippen LogP contribution in [0, 0.1) is 0 Å². The van der Waals surface area contributed by atoms with E-state index in [-0.39, 0.29) is 5.52 Å². The quantitative estimate of drug-likeness (QED) is 0.352. The van der Waals surface area contributed by atoms with Gasteiger partial charge in [0.15, 0.2) is 11.2 Å². The number of carbonyl (C=O) groups excluding carboxylic acids is 2. The van der Waals surface area contributed by atoms with Crippen LogP contribution in [0.1, 0.15) is 33.0 Å². The van der Waals surface area contributed by atoms with E-state index in [4.69, 9.17) is 5.73 Å². The summed E-state index contributed by atoms with van der Waals surface area (Å²) in [6.07, 6.45) is 2.30. The molecule has 4 heterocycles. The fourth-order valence-electron chi connectivity index (χ4n) is 4.19. The van der Waals surface area contributed by atoms with Gasteiger partial charge in [0.1, 0.15) is 10.8 Å². The van der Waals surface area contributed by atoms with Crippen molar-refractivity contribution < 1.29 is 9.59 Å². The molecule has 0 spiro atoms. The maximum Gasteiger partial charge on any atom is 0.332 e. The van der Waals surface area contributed by atoms with Crippen molar-refractivity contribution in [1.82, 2.24) is 28.9 Å². The molecule has 1 aliphatic rings. The Labute approximate surface area is 187 Å². The van der Waals surface area contributed by atoms with Crippen LogP contribution in [0.4, 0.5) is 0 Å². The van der Waals surface area contributed by atoms with Crippen molar-refractivity contribution in [3.05, 3.63) is 42.7 Å². The summed E-state index contributed by atoms with van der Waals surface area (Å²) in [6, 6.07) is 0. The Bertz CT molecular complexity index is 1350. The fraction of sp³-hybridized carbons (Fsp3) is 0.450. The van der Waals surface area contributed by atoms with Crippen LogP contribution in [0.2, 0.25) is 0 Å². The molecule has 3 aromatic heterocycles. The number of carbonyl (C=O) groups is 2. The molecule has 0 aromatic carbocycles. The van der Waals surface area contributed by atoms with Gasteiger partial charge in [0, 0.05) is 45.0 Å². The normalized spacial score (nSPS) is 14.0. The number of fused-ring (bicyclic) bond motifs is 2. The largest absolute Gasteiger partial charge is 0.365 e. The summed E-state index contributed by atoms with van der Waals surface area (Å²) in [6.45, 7) is 1.92. The first-order valence-electron chi connectivity index (χ1n) is 10.2. The van der Waals surface area contributed by atoms with E-state index in [0.29, 0.717) is 60.8 Å². The van der Waals surface area contributed by atoms with Gasteiger partial charge in [0.05, 0.1) is 5.56 Å². The molecule has 0 unspecified atom stereocenters. The molecule has 0 atom stereocenters. The van der Waals surface area contributed by atoms with E-state index >= 15 is 0 Å². The lowest BCUT2D eigenvalue weighted by Crippen LogP contribution is -2.37. The van der Waals surface area contributed by atoms with Crippen molar-refractivity contribution in [2.75, 3.05) is 20.1 Å². The van der Waals surface area contributed by atoms with Gasteiger partial charge in [-0.2, -0.15) is 0 Å². The number of nitrogens with one attached hydrogen (secondary N) is 1. The van der Waals surface area contributed by atoms with Gasteiger partial charge in [-0.15, -0.1) is 11.3 Å². The van der Waals surface area contributed by atoms with E-state index in [9.17, 15) is 19.2 Å². The Balaban J connectivity index is 2.03. The number of primary amides is 1. The number of nitrogens with two attached hydrogens (primary N) is 1. The van der Waals surface area contributed by atoms with Crippen molar-refractivity contribution >= 4 is 34.8 Å². The highest BCUT2D eigenvalue weighted by Crippen LogP contribution is 2.37. The van der Waals surface area contributed by atoms with Crippen LogP contribution >= 0.6 is 11.3 Å². The van der Waals surface area contributed by atoms with Crippen molar-refractivity contribution in [3.63, 3.8) is 0 Å². The van der Waals surface area contributed by atoms with Crippen LogP contribution in [0.25, 0.3) is 16.2 Å². The lowest BCUT2D eigenvalue weighted by molar-refractivity contribution is -0.109. The molecule has 11 nitrogen and oxygen atoms in total. The van der Waals surface area contributed by atoms with Crippen LogP contribution in [0.5, 0.6) is 0 Å². The van der Waals surface area contributed by atoms with Gasteiger partial charge in [0.25, 0.3) is 11.5 Å². The summed E-state index contributed by atoms with van der Waals surface area (Å²) in [5, 5.41) is 3.18. The van der Waals surface area contributed by atoms with Gasteiger partial charge < -0.3 is 16.0 Å². The number of aromatic nitrogens is 4. The number of thiophene rings is 1. The molecule has 3 N–H and O–H groups in total. The highest BCUT2D eigenvalue weighted by molar-refractivity contribution is 7.15. The van der Waals surface area contributed by atoms with Crippen LogP contribution in [0.3, 0.4) is 0 Å². The maximum atomic E-state index is 12.9. The number of amides is 2. The van der Waals surface area contributed by atoms with Crippen LogP contribution in [-0.2, 0) is 38.3 Å². The Hall–Kier alpha value is -3.25. The third-order valence-electron chi connectivity index (χ3n) is 5.80. The van der Waals surface area contributed by atoms with Crippen molar-refractivity contribution in [1.29, 1.82) is 0 Å². The van der Waals surface area contributed by atoms with Crippen LogP contribution in [0.15, 0.2) is 9.59 Å². The summed E-state index contributed by atoms with van der Waals surface area (Å²) in [7, 11) is 4.99. The zero-order valence-electron chi connectivity index (χ0n) is 18.2. The average Bonchev–Trinajstić information content (AvgIpc) is 3.31. The number of hydrogen-bond donors (Lipinski definition) is 2. The standard InChI is InChI=1S/C20H25N7O4S/c1-24-8-6-11-12(9-24)32-19(14(11)16(21)29)27-13(5-4-7-22-10-28)23-15-17(27)25(2)20(31)26(3)18(15)30/h10H,4-9H2,1-3H3,(H2,21,29)(H,22,28). The van der Waals surface area contributed by atoms with Gasteiger partial charge in [-0.05, 0) is 25.5 Å². The number of nitrogens with zero attached hydrogens (tertiary/aromatic N) is 5. The van der Waals surface area contributed by atoms with E-state index in [0.717, 1.165) is 21.6 Å². The molecular weight excluding hydrogens is 434 g/mol. The van der Waals surface area contributed by atoms with Gasteiger partial charge in [-0.3, -0.25) is 28.1 Å². The zero-order valence-corrected chi connectivity index (χ0v) is 19.0. The predicted octanol–water partition coefficient (Wildman–Crippen LogP) is -0.750. The van der Waals surface area contributed by atoms with E-state index < -0.39 is 17.2 Å². The Kier molecular flexibility index (Phi) is 5.73. The SMILES string of the molecule is CN1CCc2c(sc(-n3c(CCCNC=O)nc4c(=O)n(C)c(=O)n(C)c43)c2C(N)=O)C1. The molecule has 0 bridgehead atoms. The van der Waals surface area contributed by atoms with E-state index in [1.165, 1.54) is 23.0 Å². The molecule has 2 amide bonds. The topological polar surface area (TPSA) is 137 Å².